The second-order valence-electron chi connectivity index (χ2n) is 2.10. The lowest BCUT2D eigenvalue weighted by Gasteiger charge is -2.21. The highest BCUT2D eigenvalue weighted by atomic mass is 16.4. The summed E-state index contributed by atoms with van der Waals surface area (Å²) in [5.74, 6) is 0. The summed E-state index contributed by atoms with van der Waals surface area (Å²) >= 11 is 0. The molecule has 0 radical (unpaired) electrons. The first kappa shape index (κ1) is 8.55. The van der Waals surface area contributed by atoms with Gasteiger partial charge in [-0.05, 0) is 6.92 Å². The molecule has 4 heteroatoms. The van der Waals surface area contributed by atoms with Gasteiger partial charge in [0, 0.05) is 0 Å². The van der Waals surface area contributed by atoms with E-state index in [0.29, 0.717) is 0 Å². The molecule has 0 amide bonds. The Labute approximate surface area is 52.7 Å². The Kier molecular flexibility index (Phi) is 2.76. The van der Waals surface area contributed by atoms with Crippen molar-refractivity contribution in [1.82, 2.24) is 0 Å². The highest BCUT2D eigenvalue weighted by Gasteiger charge is 2.28. The van der Waals surface area contributed by atoms with Crippen molar-refractivity contribution in [3.63, 3.8) is 0 Å². The molecule has 4 nitrogen and oxygen atoms in total. The number of aldehydes is 1. The summed E-state index contributed by atoms with van der Waals surface area (Å²) in [6, 6.07) is 0. The van der Waals surface area contributed by atoms with Crippen molar-refractivity contribution in [2.75, 3.05) is 6.61 Å². The molecule has 2 atom stereocenters. The van der Waals surface area contributed by atoms with Crippen LogP contribution in [0.1, 0.15) is 6.92 Å². The molecule has 0 heterocycles. The number of carbonyl (C=O) groups is 1. The van der Waals surface area contributed by atoms with Crippen LogP contribution < -0.4 is 0 Å². The van der Waals surface area contributed by atoms with E-state index in [-0.39, 0.29) is 6.29 Å². The Morgan fingerprint density at radius 1 is 1.78 bits per heavy atom. The van der Waals surface area contributed by atoms with E-state index in [9.17, 15) is 4.79 Å². The zero-order valence-corrected chi connectivity index (χ0v) is 5.11. The first-order valence-corrected chi connectivity index (χ1v) is 2.51. The van der Waals surface area contributed by atoms with Gasteiger partial charge in [-0.25, -0.2) is 0 Å². The fraction of sp³-hybridized carbons (Fsp3) is 0.800. The summed E-state index contributed by atoms with van der Waals surface area (Å²) in [6.45, 7) is 0.541. The Morgan fingerprint density at radius 2 is 2.22 bits per heavy atom. The lowest BCUT2D eigenvalue weighted by atomic mass is 10.0. The smallest absolute Gasteiger partial charge is 0.151 e. The molecule has 0 saturated heterocycles. The molecule has 0 aliphatic rings. The van der Waals surface area contributed by atoms with E-state index in [0.717, 1.165) is 0 Å². The lowest BCUT2D eigenvalue weighted by Crippen LogP contribution is -2.43. The van der Waals surface area contributed by atoms with Crippen LogP contribution >= 0.6 is 0 Å². The summed E-state index contributed by atoms with van der Waals surface area (Å²) < 4.78 is 0. The third kappa shape index (κ3) is 2.09. The Bertz CT molecular complexity index is 99.1. The zero-order chi connectivity index (χ0) is 7.49. The number of aliphatic hydroxyl groups excluding tert-OH is 2. The molecule has 9 heavy (non-hydrogen) atoms. The van der Waals surface area contributed by atoms with Gasteiger partial charge < -0.3 is 20.1 Å². The van der Waals surface area contributed by atoms with Gasteiger partial charge in [0.1, 0.15) is 11.7 Å². The van der Waals surface area contributed by atoms with Crippen LogP contribution in [0, 0.1) is 0 Å². The minimum absolute atomic E-state index is 0.177. The van der Waals surface area contributed by atoms with E-state index in [2.05, 4.69) is 0 Å². The van der Waals surface area contributed by atoms with Crippen LogP contribution in [0.5, 0.6) is 0 Å². The number of aliphatic hydroxyl groups is 3. The summed E-state index contributed by atoms with van der Waals surface area (Å²) in [5.41, 5.74) is -1.71. The number of carbonyl (C=O) groups excluding carboxylic acids is 1. The van der Waals surface area contributed by atoms with Gasteiger partial charge in [0.05, 0.1) is 6.61 Å². The van der Waals surface area contributed by atoms with Crippen LogP contribution in [0.15, 0.2) is 0 Å². The molecule has 0 aliphatic heterocycles. The second-order valence-corrected chi connectivity index (χ2v) is 2.10. The average Bonchev–Trinajstić information content (AvgIpc) is 1.86. The van der Waals surface area contributed by atoms with Crippen molar-refractivity contribution >= 4 is 6.29 Å². The first-order chi connectivity index (χ1) is 4.04. The van der Waals surface area contributed by atoms with E-state index in [4.69, 9.17) is 15.3 Å². The first-order valence-electron chi connectivity index (χ1n) is 2.51. The van der Waals surface area contributed by atoms with E-state index in [1.165, 1.54) is 6.92 Å². The van der Waals surface area contributed by atoms with Gasteiger partial charge in [-0.15, -0.1) is 0 Å². The van der Waals surface area contributed by atoms with Gasteiger partial charge >= 0.3 is 0 Å². The Morgan fingerprint density at radius 3 is 2.33 bits per heavy atom. The fourth-order valence-corrected chi connectivity index (χ4v) is 0.240. The summed E-state index contributed by atoms with van der Waals surface area (Å²) in [4.78, 5) is 9.79. The molecule has 2 unspecified atom stereocenters. The van der Waals surface area contributed by atoms with Crippen LogP contribution in [0.4, 0.5) is 0 Å². The van der Waals surface area contributed by atoms with Crippen molar-refractivity contribution in [2.24, 2.45) is 0 Å². The van der Waals surface area contributed by atoms with Crippen molar-refractivity contribution < 1.29 is 20.1 Å². The van der Waals surface area contributed by atoms with Crippen molar-refractivity contribution in [3.8, 4) is 0 Å². The molecule has 0 fully saturated rings. The van der Waals surface area contributed by atoms with Crippen LogP contribution in [-0.2, 0) is 4.79 Å². The highest BCUT2D eigenvalue weighted by molar-refractivity contribution is 5.57. The van der Waals surface area contributed by atoms with E-state index in [1.54, 1.807) is 0 Å². The number of hydrogen-bond donors (Lipinski definition) is 3. The minimum atomic E-state index is -1.71. The zero-order valence-electron chi connectivity index (χ0n) is 5.11. The summed E-state index contributed by atoms with van der Waals surface area (Å²) in [7, 11) is 0. The minimum Gasteiger partial charge on any atom is -0.393 e. The predicted molar refractivity (Wildman–Crippen MR) is 29.8 cm³/mol. The molecule has 0 bridgehead atoms. The van der Waals surface area contributed by atoms with E-state index < -0.39 is 18.3 Å². The van der Waals surface area contributed by atoms with Crippen molar-refractivity contribution in [1.29, 1.82) is 0 Å². The van der Waals surface area contributed by atoms with Crippen molar-refractivity contribution in [2.45, 2.75) is 18.6 Å². The van der Waals surface area contributed by atoms with Gasteiger partial charge in [0.25, 0.3) is 0 Å². The van der Waals surface area contributed by atoms with Gasteiger partial charge in [-0.3, -0.25) is 0 Å². The molecule has 3 N–H and O–H groups in total. The van der Waals surface area contributed by atoms with E-state index >= 15 is 0 Å². The molecule has 0 rings (SSSR count). The van der Waals surface area contributed by atoms with Gasteiger partial charge in [-0.2, -0.15) is 0 Å². The largest absolute Gasteiger partial charge is 0.393 e. The molecule has 54 valence electrons. The molecule has 0 aromatic heterocycles. The molecule has 0 saturated carbocycles. The van der Waals surface area contributed by atoms with Crippen molar-refractivity contribution in [3.05, 3.63) is 0 Å². The maximum absolute atomic E-state index is 9.79. The Hall–Kier alpha value is -0.450. The van der Waals surface area contributed by atoms with Crippen LogP contribution in [0.3, 0.4) is 0 Å². The SMILES string of the molecule is CC(O)(CO)C(O)C=O. The van der Waals surface area contributed by atoms with Gasteiger partial charge in [0.2, 0.25) is 0 Å². The van der Waals surface area contributed by atoms with Crippen LogP contribution in [0.2, 0.25) is 0 Å². The lowest BCUT2D eigenvalue weighted by molar-refractivity contribution is -0.134. The topological polar surface area (TPSA) is 77.8 Å². The summed E-state index contributed by atoms with van der Waals surface area (Å²) in [6.07, 6.45) is -1.33. The molecular formula is C5H10O4. The normalized spacial score (nSPS) is 20.4. The second kappa shape index (κ2) is 2.91. The van der Waals surface area contributed by atoms with Crippen LogP contribution in [0.25, 0.3) is 0 Å². The van der Waals surface area contributed by atoms with Gasteiger partial charge in [0.15, 0.2) is 6.29 Å². The summed E-state index contributed by atoms with van der Waals surface area (Å²) in [5, 5.41) is 25.8. The van der Waals surface area contributed by atoms with E-state index in [1.807, 2.05) is 0 Å². The molecule has 0 spiro atoms. The molecule has 0 aromatic rings. The Balaban J connectivity index is 3.95. The monoisotopic (exact) mass is 134 g/mol. The fourth-order valence-electron chi connectivity index (χ4n) is 0.240. The van der Waals surface area contributed by atoms with Crippen LogP contribution in [-0.4, -0.2) is 39.9 Å². The number of hydrogen-bond acceptors (Lipinski definition) is 4. The molecule has 0 aliphatic carbocycles. The average molecular weight is 134 g/mol. The standard InChI is InChI=1S/C5H10O4/c1-5(9,3-7)4(8)2-6/h2,4,7-9H,3H2,1H3. The molecule has 0 aromatic carbocycles. The molecular weight excluding hydrogens is 124 g/mol. The maximum Gasteiger partial charge on any atom is 0.151 e. The highest BCUT2D eigenvalue weighted by Crippen LogP contribution is 2.05. The third-order valence-electron chi connectivity index (χ3n) is 1.09. The van der Waals surface area contributed by atoms with Gasteiger partial charge in [-0.1, -0.05) is 0 Å². The number of rotatable bonds is 3. The maximum atomic E-state index is 9.79. The third-order valence-corrected chi connectivity index (χ3v) is 1.09. The quantitative estimate of drug-likeness (QED) is 0.402. The predicted octanol–water partition coefficient (Wildman–Crippen LogP) is -1.71.